The summed E-state index contributed by atoms with van der Waals surface area (Å²) < 4.78 is 0. The van der Waals surface area contributed by atoms with Crippen LogP contribution >= 0.6 is 0 Å². The van der Waals surface area contributed by atoms with Gasteiger partial charge in [0, 0.05) is 18.3 Å². The molecule has 0 spiro atoms. The third-order valence-corrected chi connectivity index (χ3v) is 1.75. The fourth-order valence-electron chi connectivity index (χ4n) is 1.16. The Morgan fingerprint density at radius 3 is 3.00 bits per heavy atom. The van der Waals surface area contributed by atoms with E-state index in [1.807, 2.05) is 12.3 Å². The van der Waals surface area contributed by atoms with E-state index in [4.69, 9.17) is 5.73 Å². The Morgan fingerprint density at radius 2 is 2.36 bits per heavy atom. The second-order valence-electron chi connectivity index (χ2n) is 2.50. The molecule has 0 aliphatic heterocycles. The normalized spacial score (nSPS) is 10.0. The molecule has 0 amide bonds. The standard InChI is InChI=1S/C9H14N2/c1-2-8-4-3-7-11-9(8)5-6-10/h3-4,7H,2,5-6,10H2,1H3. The van der Waals surface area contributed by atoms with Crippen LogP contribution in [0.1, 0.15) is 18.2 Å². The van der Waals surface area contributed by atoms with Crippen LogP contribution in [0.2, 0.25) is 0 Å². The molecule has 0 aromatic carbocycles. The maximum Gasteiger partial charge on any atom is 0.0447 e. The van der Waals surface area contributed by atoms with Gasteiger partial charge in [-0.1, -0.05) is 13.0 Å². The van der Waals surface area contributed by atoms with Crippen LogP contribution in [0, 0.1) is 0 Å². The zero-order chi connectivity index (χ0) is 8.10. The average molecular weight is 150 g/mol. The van der Waals surface area contributed by atoms with E-state index in [2.05, 4.69) is 18.0 Å². The van der Waals surface area contributed by atoms with Gasteiger partial charge >= 0.3 is 0 Å². The lowest BCUT2D eigenvalue weighted by Crippen LogP contribution is -2.06. The van der Waals surface area contributed by atoms with Crippen LogP contribution in [0.25, 0.3) is 0 Å². The summed E-state index contributed by atoms with van der Waals surface area (Å²) >= 11 is 0. The smallest absolute Gasteiger partial charge is 0.0447 e. The lowest BCUT2D eigenvalue weighted by atomic mass is 10.1. The fraction of sp³-hybridized carbons (Fsp3) is 0.444. The Hall–Kier alpha value is -0.890. The van der Waals surface area contributed by atoms with Crippen LogP contribution in [0.15, 0.2) is 18.3 Å². The van der Waals surface area contributed by atoms with Gasteiger partial charge in [0.05, 0.1) is 0 Å². The Balaban J connectivity index is 2.83. The minimum Gasteiger partial charge on any atom is -0.330 e. The fourth-order valence-corrected chi connectivity index (χ4v) is 1.16. The lowest BCUT2D eigenvalue weighted by Gasteiger charge is -2.03. The molecule has 0 unspecified atom stereocenters. The molecule has 0 fully saturated rings. The quantitative estimate of drug-likeness (QED) is 0.702. The van der Waals surface area contributed by atoms with Gasteiger partial charge in [-0.3, -0.25) is 4.98 Å². The van der Waals surface area contributed by atoms with Gasteiger partial charge in [-0.05, 0) is 24.6 Å². The number of aryl methyl sites for hydroxylation is 1. The van der Waals surface area contributed by atoms with E-state index in [1.54, 1.807) is 0 Å². The van der Waals surface area contributed by atoms with E-state index >= 15 is 0 Å². The number of hydrogen-bond donors (Lipinski definition) is 1. The van der Waals surface area contributed by atoms with Crippen LogP contribution in [-0.2, 0) is 12.8 Å². The minimum atomic E-state index is 0.685. The van der Waals surface area contributed by atoms with Crippen molar-refractivity contribution in [2.45, 2.75) is 19.8 Å². The highest BCUT2D eigenvalue weighted by Crippen LogP contribution is 2.05. The van der Waals surface area contributed by atoms with Crippen molar-refractivity contribution in [2.24, 2.45) is 5.73 Å². The van der Waals surface area contributed by atoms with E-state index in [0.29, 0.717) is 6.54 Å². The van der Waals surface area contributed by atoms with Crippen molar-refractivity contribution < 1.29 is 0 Å². The number of aromatic nitrogens is 1. The van der Waals surface area contributed by atoms with E-state index in [-0.39, 0.29) is 0 Å². The second-order valence-corrected chi connectivity index (χ2v) is 2.50. The van der Waals surface area contributed by atoms with Crippen LogP contribution in [0.4, 0.5) is 0 Å². The largest absolute Gasteiger partial charge is 0.330 e. The monoisotopic (exact) mass is 150 g/mol. The molecule has 0 aliphatic carbocycles. The molecule has 0 saturated heterocycles. The average Bonchev–Trinajstić information content (AvgIpc) is 2.06. The Bertz CT molecular complexity index is 221. The van der Waals surface area contributed by atoms with Crippen molar-refractivity contribution in [1.82, 2.24) is 4.98 Å². The van der Waals surface area contributed by atoms with Crippen LogP contribution in [-0.4, -0.2) is 11.5 Å². The van der Waals surface area contributed by atoms with Gasteiger partial charge in [-0.25, -0.2) is 0 Å². The van der Waals surface area contributed by atoms with E-state index in [0.717, 1.165) is 18.5 Å². The van der Waals surface area contributed by atoms with Gasteiger partial charge in [-0.15, -0.1) is 0 Å². The van der Waals surface area contributed by atoms with Crippen molar-refractivity contribution in [3.05, 3.63) is 29.6 Å². The number of nitrogens with zero attached hydrogens (tertiary/aromatic N) is 1. The second kappa shape index (κ2) is 4.09. The number of pyridine rings is 1. The summed E-state index contributed by atoms with van der Waals surface area (Å²) in [4.78, 5) is 4.26. The maximum atomic E-state index is 5.44. The first-order valence-corrected chi connectivity index (χ1v) is 4.01. The zero-order valence-corrected chi connectivity index (χ0v) is 6.88. The molecule has 2 nitrogen and oxygen atoms in total. The first-order chi connectivity index (χ1) is 5.38. The van der Waals surface area contributed by atoms with Gasteiger partial charge in [0.2, 0.25) is 0 Å². The molecule has 0 radical (unpaired) electrons. The van der Waals surface area contributed by atoms with Crippen molar-refractivity contribution in [3.63, 3.8) is 0 Å². The third kappa shape index (κ3) is 2.02. The van der Waals surface area contributed by atoms with Gasteiger partial charge in [-0.2, -0.15) is 0 Å². The topological polar surface area (TPSA) is 38.9 Å². The SMILES string of the molecule is CCc1cccnc1CCN. The third-order valence-electron chi connectivity index (χ3n) is 1.75. The van der Waals surface area contributed by atoms with Crippen LogP contribution < -0.4 is 5.73 Å². The molecule has 0 bridgehead atoms. The molecule has 60 valence electrons. The first kappa shape index (κ1) is 8.21. The molecule has 1 aromatic rings. The van der Waals surface area contributed by atoms with Crippen LogP contribution in [0.3, 0.4) is 0 Å². The maximum absolute atomic E-state index is 5.44. The highest BCUT2D eigenvalue weighted by molar-refractivity contribution is 5.19. The van der Waals surface area contributed by atoms with Crippen molar-refractivity contribution >= 4 is 0 Å². The van der Waals surface area contributed by atoms with Crippen molar-refractivity contribution in [2.75, 3.05) is 6.54 Å². The minimum absolute atomic E-state index is 0.685. The molecular weight excluding hydrogens is 136 g/mol. The summed E-state index contributed by atoms with van der Waals surface area (Å²) in [6.07, 6.45) is 3.76. The van der Waals surface area contributed by atoms with Gasteiger partial charge in [0.25, 0.3) is 0 Å². The van der Waals surface area contributed by atoms with Crippen molar-refractivity contribution in [3.8, 4) is 0 Å². The van der Waals surface area contributed by atoms with Crippen molar-refractivity contribution in [1.29, 1.82) is 0 Å². The van der Waals surface area contributed by atoms with Gasteiger partial charge < -0.3 is 5.73 Å². The Morgan fingerprint density at radius 1 is 1.55 bits per heavy atom. The predicted molar refractivity (Wildman–Crippen MR) is 46.4 cm³/mol. The molecule has 1 heterocycles. The van der Waals surface area contributed by atoms with Gasteiger partial charge in [0.15, 0.2) is 0 Å². The van der Waals surface area contributed by atoms with E-state index in [1.165, 1.54) is 5.56 Å². The number of hydrogen-bond acceptors (Lipinski definition) is 2. The predicted octanol–water partition coefficient (Wildman–Crippen LogP) is 1.15. The highest BCUT2D eigenvalue weighted by atomic mass is 14.7. The lowest BCUT2D eigenvalue weighted by molar-refractivity contribution is 0.891. The number of nitrogens with two attached hydrogens (primary N) is 1. The number of rotatable bonds is 3. The zero-order valence-electron chi connectivity index (χ0n) is 6.88. The highest BCUT2D eigenvalue weighted by Gasteiger charge is 1.98. The molecule has 0 atom stereocenters. The summed E-state index contributed by atoms with van der Waals surface area (Å²) in [5.74, 6) is 0. The molecule has 2 heteroatoms. The first-order valence-electron chi connectivity index (χ1n) is 4.01. The summed E-state index contributed by atoms with van der Waals surface area (Å²) in [6.45, 7) is 2.82. The molecule has 2 N–H and O–H groups in total. The summed E-state index contributed by atoms with van der Waals surface area (Å²) in [5, 5.41) is 0. The molecule has 1 aromatic heterocycles. The molecular formula is C9H14N2. The summed E-state index contributed by atoms with van der Waals surface area (Å²) in [7, 11) is 0. The molecule has 0 saturated carbocycles. The van der Waals surface area contributed by atoms with Gasteiger partial charge in [0.1, 0.15) is 0 Å². The Kier molecular flexibility index (Phi) is 3.05. The van der Waals surface area contributed by atoms with E-state index in [9.17, 15) is 0 Å². The molecule has 1 rings (SSSR count). The molecule has 11 heavy (non-hydrogen) atoms. The Labute approximate surface area is 67.5 Å². The summed E-state index contributed by atoms with van der Waals surface area (Å²) in [6, 6.07) is 4.08. The molecule has 0 aliphatic rings. The summed E-state index contributed by atoms with van der Waals surface area (Å²) in [5.41, 5.74) is 7.91. The van der Waals surface area contributed by atoms with E-state index < -0.39 is 0 Å². The van der Waals surface area contributed by atoms with Crippen LogP contribution in [0.5, 0.6) is 0 Å².